The molecule has 4 aromatic rings. The molecular formula is C21H18Cl2N2O3. The maximum Gasteiger partial charge on any atom is 0.266 e. The van der Waals surface area contributed by atoms with Crippen LogP contribution < -0.4 is 4.74 Å². The van der Waals surface area contributed by atoms with Crippen LogP contribution in [0.1, 0.15) is 23.1 Å². The van der Waals surface area contributed by atoms with E-state index in [2.05, 4.69) is 5.10 Å². The molecule has 0 amide bonds. The predicted molar refractivity (Wildman–Crippen MR) is 109 cm³/mol. The van der Waals surface area contributed by atoms with Gasteiger partial charge in [0.15, 0.2) is 0 Å². The van der Waals surface area contributed by atoms with E-state index < -0.39 is 6.10 Å². The molecule has 1 atom stereocenters. The Bertz CT molecular complexity index is 1140. The van der Waals surface area contributed by atoms with Gasteiger partial charge in [-0.3, -0.25) is 0 Å². The summed E-state index contributed by atoms with van der Waals surface area (Å²) in [4.78, 5) is 0. The monoisotopic (exact) mass is 416 g/mol. The lowest BCUT2D eigenvalue weighted by molar-refractivity contribution is 0.116. The van der Waals surface area contributed by atoms with Crippen LogP contribution in [-0.2, 0) is 0 Å². The topological polar surface area (TPSA) is 59.9 Å². The second-order valence-corrected chi connectivity index (χ2v) is 7.31. The molecule has 0 saturated carbocycles. The average Bonchev–Trinajstić information content (AvgIpc) is 3.14. The lowest BCUT2D eigenvalue weighted by Crippen LogP contribution is -2.12. The third-order valence-corrected chi connectivity index (χ3v) is 5.09. The summed E-state index contributed by atoms with van der Waals surface area (Å²) >= 11 is 12.4. The van der Waals surface area contributed by atoms with Crippen molar-refractivity contribution in [3.63, 3.8) is 0 Å². The molecule has 0 spiro atoms. The number of benzene rings is 2. The molecule has 0 fully saturated rings. The number of hydrogen-bond acceptors (Lipinski definition) is 4. The van der Waals surface area contributed by atoms with Gasteiger partial charge in [0.2, 0.25) is 5.75 Å². The van der Waals surface area contributed by atoms with Crippen LogP contribution in [-0.4, -0.2) is 21.3 Å². The summed E-state index contributed by atoms with van der Waals surface area (Å²) in [5.41, 5.74) is 3.48. The standard InChI is InChI=1S/C21H18Cl2N2O3/c1-12-20(28-18(11-26)14-6-4-3-5-7-14)21-25(24-12)19(13(2)27-21)16-9-8-15(22)10-17(16)23/h3-10,18,26H,11H2,1-2H3/t18-/m1/s1. The van der Waals surface area contributed by atoms with Gasteiger partial charge in [-0.1, -0.05) is 53.5 Å². The van der Waals surface area contributed by atoms with E-state index in [4.69, 9.17) is 32.4 Å². The van der Waals surface area contributed by atoms with Gasteiger partial charge in [-0.05, 0) is 37.6 Å². The van der Waals surface area contributed by atoms with Gasteiger partial charge in [0, 0.05) is 10.6 Å². The molecule has 2 aromatic heterocycles. The normalized spacial score (nSPS) is 12.5. The van der Waals surface area contributed by atoms with Crippen molar-refractivity contribution in [3.8, 4) is 17.0 Å². The number of rotatable bonds is 5. The SMILES string of the molecule is Cc1nn2c(-c3ccc(Cl)cc3Cl)c(C)oc2c1O[C@H](CO)c1ccccc1. The van der Waals surface area contributed by atoms with E-state index in [1.54, 1.807) is 16.6 Å². The van der Waals surface area contributed by atoms with Gasteiger partial charge in [-0.25, -0.2) is 0 Å². The molecule has 4 rings (SSSR count). The first-order valence-electron chi connectivity index (χ1n) is 8.76. The number of aliphatic hydroxyl groups is 1. The van der Waals surface area contributed by atoms with Crippen molar-refractivity contribution in [2.24, 2.45) is 0 Å². The van der Waals surface area contributed by atoms with Crippen LogP contribution in [0, 0.1) is 13.8 Å². The van der Waals surface area contributed by atoms with Crippen molar-refractivity contribution in [2.75, 3.05) is 6.61 Å². The number of hydrogen-bond donors (Lipinski definition) is 1. The van der Waals surface area contributed by atoms with E-state index in [-0.39, 0.29) is 6.61 Å². The van der Waals surface area contributed by atoms with Gasteiger partial charge >= 0.3 is 0 Å². The second-order valence-electron chi connectivity index (χ2n) is 6.46. The Balaban J connectivity index is 1.80. The molecule has 2 heterocycles. The molecule has 0 aliphatic carbocycles. The van der Waals surface area contributed by atoms with Crippen molar-refractivity contribution in [1.29, 1.82) is 0 Å². The highest BCUT2D eigenvalue weighted by molar-refractivity contribution is 6.36. The van der Waals surface area contributed by atoms with Crippen LogP contribution in [0.3, 0.4) is 0 Å². The largest absolute Gasteiger partial charge is 0.476 e. The maximum absolute atomic E-state index is 9.83. The van der Waals surface area contributed by atoms with Crippen molar-refractivity contribution in [3.05, 3.63) is 75.6 Å². The van der Waals surface area contributed by atoms with Gasteiger partial charge in [0.25, 0.3) is 5.71 Å². The minimum absolute atomic E-state index is 0.170. The van der Waals surface area contributed by atoms with E-state index in [0.29, 0.717) is 33.0 Å². The maximum atomic E-state index is 9.83. The van der Waals surface area contributed by atoms with Crippen LogP contribution in [0.5, 0.6) is 5.75 Å². The number of oxazole rings is 1. The van der Waals surface area contributed by atoms with Gasteiger partial charge in [-0.15, -0.1) is 0 Å². The van der Waals surface area contributed by atoms with Crippen LogP contribution >= 0.6 is 23.2 Å². The first-order valence-corrected chi connectivity index (χ1v) is 9.51. The summed E-state index contributed by atoms with van der Waals surface area (Å²) in [5.74, 6) is 1.14. The van der Waals surface area contributed by atoms with E-state index in [9.17, 15) is 5.11 Å². The Morgan fingerprint density at radius 2 is 1.89 bits per heavy atom. The fourth-order valence-electron chi connectivity index (χ4n) is 3.22. The predicted octanol–water partition coefficient (Wildman–Crippen LogP) is 5.63. The molecule has 0 saturated heterocycles. The Labute approximate surface area is 172 Å². The van der Waals surface area contributed by atoms with E-state index in [1.807, 2.05) is 50.2 Å². The smallest absolute Gasteiger partial charge is 0.266 e. The zero-order chi connectivity index (χ0) is 19.8. The molecule has 144 valence electrons. The zero-order valence-corrected chi connectivity index (χ0v) is 16.8. The molecule has 0 radical (unpaired) electrons. The van der Waals surface area contributed by atoms with Gasteiger partial charge in [0.1, 0.15) is 23.3 Å². The Hall–Kier alpha value is -2.47. The number of fused-ring (bicyclic) bond motifs is 1. The number of aryl methyl sites for hydroxylation is 2. The highest BCUT2D eigenvalue weighted by Crippen LogP contribution is 2.38. The summed E-state index contributed by atoms with van der Waals surface area (Å²) in [6.07, 6.45) is -0.527. The summed E-state index contributed by atoms with van der Waals surface area (Å²) in [6, 6.07) is 14.8. The summed E-state index contributed by atoms with van der Waals surface area (Å²) in [6.45, 7) is 3.50. The van der Waals surface area contributed by atoms with Crippen LogP contribution in [0.2, 0.25) is 10.0 Å². The van der Waals surface area contributed by atoms with Crippen molar-refractivity contribution in [2.45, 2.75) is 20.0 Å². The summed E-state index contributed by atoms with van der Waals surface area (Å²) in [7, 11) is 0. The lowest BCUT2D eigenvalue weighted by atomic mass is 10.1. The highest BCUT2D eigenvalue weighted by atomic mass is 35.5. The van der Waals surface area contributed by atoms with E-state index >= 15 is 0 Å². The minimum atomic E-state index is -0.527. The lowest BCUT2D eigenvalue weighted by Gasteiger charge is -2.16. The minimum Gasteiger partial charge on any atom is -0.476 e. The molecule has 2 aromatic carbocycles. The van der Waals surface area contributed by atoms with Gasteiger partial charge in [-0.2, -0.15) is 9.61 Å². The molecule has 0 aliphatic heterocycles. The highest BCUT2D eigenvalue weighted by Gasteiger charge is 2.25. The molecule has 0 unspecified atom stereocenters. The number of aromatic nitrogens is 2. The quantitative estimate of drug-likeness (QED) is 0.457. The number of halogens is 2. The first kappa shape index (κ1) is 18.9. The van der Waals surface area contributed by atoms with E-state index in [0.717, 1.165) is 16.8 Å². The van der Waals surface area contributed by atoms with Gasteiger partial charge in [0.05, 0.1) is 11.6 Å². The zero-order valence-electron chi connectivity index (χ0n) is 15.3. The molecular weight excluding hydrogens is 399 g/mol. The van der Waals surface area contributed by atoms with Crippen LogP contribution in [0.15, 0.2) is 52.9 Å². The van der Waals surface area contributed by atoms with Crippen molar-refractivity contribution < 1.29 is 14.3 Å². The third-order valence-electron chi connectivity index (χ3n) is 4.54. The molecule has 1 N–H and O–H groups in total. The Morgan fingerprint density at radius 3 is 2.57 bits per heavy atom. The van der Waals surface area contributed by atoms with Gasteiger partial charge < -0.3 is 14.3 Å². The first-order chi connectivity index (χ1) is 13.5. The summed E-state index contributed by atoms with van der Waals surface area (Å²) < 4.78 is 13.8. The number of nitrogens with zero attached hydrogens (tertiary/aromatic N) is 2. The molecule has 0 aliphatic rings. The average molecular weight is 417 g/mol. The second kappa shape index (κ2) is 7.51. The molecule has 5 nitrogen and oxygen atoms in total. The van der Waals surface area contributed by atoms with Crippen molar-refractivity contribution in [1.82, 2.24) is 9.61 Å². The van der Waals surface area contributed by atoms with Crippen molar-refractivity contribution >= 4 is 28.9 Å². The van der Waals surface area contributed by atoms with E-state index in [1.165, 1.54) is 0 Å². The Morgan fingerprint density at radius 1 is 1.14 bits per heavy atom. The fraction of sp³-hybridized carbons (Fsp3) is 0.190. The third kappa shape index (κ3) is 3.26. The fourth-order valence-corrected chi connectivity index (χ4v) is 3.71. The summed E-state index contributed by atoms with van der Waals surface area (Å²) in [5, 5.41) is 15.5. The number of aliphatic hydroxyl groups excluding tert-OH is 1. The molecule has 28 heavy (non-hydrogen) atoms. The van der Waals surface area contributed by atoms with Crippen LogP contribution in [0.4, 0.5) is 0 Å². The molecule has 7 heteroatoms. The molecule has 0 bridgehead atoms. The Kier molecular flexibility index (Phi) is 5.06. The van der Waals surface area contributed by atoms with Crippen LogP contribution in [0.25, 0.3) is 17.0 Å². The number of ether oxygens (including phenoxy) is 1.